The minimum absolute atomic E-state index is 0.356. The number of hydrogen-bond donors (Lipinski definition) is 1. The van der Waals surface area contributed by atoms with E-state index < -0.39 is 0 Å². The van der Waals surface area contributed by atoms with E-state index in [1.54, 1.807) is 0 Å². The molecule has 4 heteroatoms. The molecule has 1 fully saturated rings. The van der Waals surface area contributed by atoms with E-state index in [0.717, 1.165) is 31.3 Å². The third-order valence-electron chi connectivity index (χ3n) is 4.53. The highest BCUT2D eigenvalue weighted by Gasteiger charge is 2.22. The van der Waals surface area contributed by atoms with Crippen LogP contribution >= 0.6 is 0 Å². The van der Waals surface area contributed by atoms with Gasteiger partial charge < -0.3 is 9.88 Å². The minimum Gasteiger partial charge on any atom is -0.312 e. The molecule has 0 bridgehead atoms. The maximum absolute atomic E-state index is 4.41. The van der Waals surface area contributed by atoms with Crippen molar-refractivity contribution >= 4 is 0 Å². The van der Waals surface area contributed by atoms with Crippen LogP contribution in [-0.4, -0.2) is 21.3 Å². The highest BCUT2D eigenvalue weighted by atomic mass is 15.3. The lowest BCUT2D eigenvalue weighted by Gasteiger charge is -2.23. The molecule has 0 amide bonds. The zero-order valence-corrected chi connectivity index (χ0v) is 11.4. The average molecular weight is 248 g/mol. The van der Waals surface area contributed by atoms with E-state index in [9.17, 15) is 0 Å². The molecule has 2 heterocycles. The number of rotatable bonds is 3. The van der Waals surface area contributed by atoms with Crippen LogP contribution in [0.3, 0.4) is 0 Å². The fourth-order valence-electron chi connectivity index (χ4n) is 3.39. The molecule has 1 unspecified atom stereocenters. The van der Waals surface area contributed by atoms with Crippen molar-refractivity contribution in [1.29, 1.82) is 0 Å². The second-order valence-corrected chi connectivity index (χ2v) is 5.84. The maximum Gasteiger partial charge on any atom is 0.149 e. The lowest BCUT2D eigenvalue weighted by molar-refractivity contribution is 0.334. The van der Waals surface area contributed by atoms with Gasteiger partial charge in [-0.1, -0.05) is 32.1 Å². The van der Waals surface area contributed by atoms with Crippen LogP contribution in [0.4, 0.5) is 0 Å². The van der Waals surface area contributed by atoms with Crippen LogP contribution in [0.2, 0.25) is 0 Å². The Balaban J connectivity index is 1.62. The highest BCUT2D eigenvalue weighted by molar-refractivity contribution is 5.03. The van der Waals surface area contributed by atoms with Gasteiger partial charge in [0.25, 0.3) is 0 Å². The number of fused-ring (bicyclic) bond motifs is 1. The topological polar surface area (TPSA) is 42.7 Å². The molecule has 100 valence electrons. The van der Waals surface area contributed by atoms with Gasteiger partial charge in [-0.3, -0.25) is 0 Å². The number of aromatic nitrogens is 3. The summed E-state index contributed by atoms with van der Waals surface area (Å²) >= 11 is 0. The van der Waals surface area contributed by atoms with E-state index in [-0.39, 0.29) is 0 Å². The van der Waals surface area contributed by atoms with Gasteiger partial charge >= 0.3 is 0 Å². The van der Waals surface area contributed by atoms with Gasteiger partial charge in [0, 0.05) is 19.5 Å². The van der Waals surface area contributed by atoms with Crippen LogP contribution in [0, 0.1) is 5.92 Å². The van der Waals surface area contributed by atoms with Crippen LogP contribution in [-0.2, 0) is 13.0 Å². The van der Waals surface area contributed by atoms with Crippen LogP contribution < -0.4 is 5.32 Å². The normalized spacial score (nSPS) is 25.1. The summed E-state index contributed by atoms with van der Waals surface area (Å²) in [5.41, 5.74) is 0. The number of nitrogens with one attached hydrogen (secondary N) is 1. The van der Waals surface area contributed by atoms with Crippen molar-refractivity contribution in [2.75, 3.05) is 6.54 Å². The van der Waals surface area contributed by atoms with Crippen molar-refractivity contribution < 1.29 is 0 Å². The van der Waals surface area contributed by atoms with Gasteiger partial charge in [0.1, 0.15) is 11.6 Å². The molecule has 1 N–H and O–H groups in total. The van der Waals surface area contributed by atoms with Crippen molar-refractivity contribution in [2.45, 2.75) is 64.5 Å². The second kappa shape index (κ2) is 5.39. The SMILES string of the molecule is CC1NCCn2c(CCC3CCCCC3)nnc21. The quantitative estimate of drug-likeness (QED) is 0.893. The maximum atomic E-state index is 4.41. The van der Waals surface area contributed by atoms with Crippen molar-refractivity contribution in [3.8, 4) is 0 Å². The van der Waals surface area contributed by atoms with Crippen LogP contribution in [0.1, 0.15) is 63.1 Å². The van der Waals surface area contributed by atoms with Crippen molar-refractivity contribution in [2.24, 2.45) is 5.92 Å². The highest BCUT2D eigenvalue weighted by Crippen LogP contribution is 2.27. The Morgan fingerprint density at radius 3 is 2.89 bits per heavy atom. The lowest BCUT2D eigenvalue weighted by Crippen LogP contribution is -2.32. The zero-order chi connectivity index (χ0) is 12.4. The van der Waals surface area contributed by atoms with E-state index in [4.69, 9.17) is 0 Å². The molecule has 18 heavy (non-hydrogen) atoms. The average Bonchev–Trinajstić information content (AvgIpc) is 2.82. The first-order valence-electron chi connectivity index (χ1n) is 7.50. The van der Waals surface area contributed by atoms with E-state index in [1.807, 2.05) is 0 Å². The fourth-order valence-corrected chi connectivity index (χ4v) is 3.39. The minimum atomic E-state index is 0.356. The Morgan fingerprint density at radius 2 is 2.06 bits per heavy atom. The predicted molar refractivity (Wildman–Crippen MR) is 71.3 cm³/mol. The number of aryl methyl sites for hydroxylation is 1. The second-order valence-electron chi connectivity index (χ2n) is 5.84. The van der Waals surface area contributed by atoms with Gasteiger partial charge in [-0.25, -0.2) is 0 Å². The third-order valence-corrected chi connectivity index (χ3v) is 4.53. The van der Waals surface area contributed by atoms with Gasteiger partial charge in [0.2, 0.25) is 0 Å². The molecular weight excluding hydrogens is 224 g/mol. The summed E-state index contributed by atoms with van der Waals surface area (Å²) < 4.78 is 2.34. The molecule has 1 atom stereocenters. The van der Waals surface area contributed by atoms with Crippen molar-refractivity contribution in [3.05, 3.63) is 11.6 Å². The summed E-state index contributed by atoms with van der Waals surface area (Å²) in [5.74, 6) is 3.27. The molecule has 4 nitrogen and oxygen atoms in total. The first-order valence-corrected chi connectivity index (χ1v) is 7.50. The lowest BCUT2D eigenvalue weighted by atomic mass is 9.86. The summed E-state index contributed by atoms with van der Waals surface area (Å²) in [7, 11) is 0. The molecule has 0 radical (unpaired) electrons. The molecule has 0 aromatic carbocycles. The van der Waals surface area contributed by atoms with E-state index in [2.05, 4.69) is 27.0 Å². The zero-order valence-electron chi connectivity index (χ0n) is 11.4. The van der Waals surface area contributed by atoms with Gasteiger partial charge in [-0.15, -0.1) is 10.2 Å². The Hall–Kier alpha value is -0.900. The Kier molecular flexibility index (Phi) is 3.64. The molecular formula is C14H24N4. The van der Waals surface area contributed by atoms with Gasteiger partial charge in [-0.2, -0.15) is 0 Å². The third kappa shape index (κ3) is 2.44. The first-order chi connectivity index (χ1) is 8.84. The van der Waals surface area contributed by atoms with E-state index in [0.29, 0.717) is 6.04 Å². The number of nitrogens with zero attached hydrogens (tertiary/aromatic N) is 3. The molecule has 2 aliphatic rings. The molecule has 1 aromatic heterocycles. The monoisotopic (exact) mass is 248 g/mol. The molecule has 1 saturated carbocycles. The Labute approximate surface area is 109 Å². The largest absolute Gasteiger partial charge is 0.312 e. The number of hydrogen-bond acceptors (Lipinski definition) is 3. The molecule has 1 aromatic rings. The Morgan fingerprint density at radius 1 is 1.22 bits per heavy atom. The summed E-state index contributed by atoms with van der Waals surface area (Å²) in [4.78, 5) is 0. The van der Waals surface area contributed by atoms with Gasteiger partial charge in [0.15, 0.2) is 0 Å². The summed E-state index contributed by atoms with van der Waals surface area (Å²) in [6, 6.07) is 0.356. The predicted octanol–water partition coefficient (Wildman–Crippen LogP) is 2.46. The van der Waals surface area contributed by atoms with Crippen molar-refractivity contribution in [1.82, 2.24) is 20.1 Å². The standard InChI is InChI=1S/C14H24N4/c1-11-14-17-16-13(18(14)10-9-15-11)8-7-12-5-3-2-4-6-12/h11-12,15H,2-10H2,1H3. The summed E-state index contributed by atoms with van der Waals surface area (Å²) in [6.07, 6.45) is 9.59. The van der Waals surface area contributed by atoms with Gasteiger partial charge in [-0.05, 0) is 19.3 Å². The Bertz CT molecular complexity index is 392. The van der Waals surface area contributed by atoms with Crippen LogP contribution in [0.25, 0.3) is 0 Å². The van der Waals surface area contributed by atoms with Crippen LogP contribution in [0.15, 0.2) is 0 Å². The van der Waals surface area contributed by atoms with Gasteiger partial charge in [0.05, 0.1) is 6.04 Å². The van der Waals surface area contributed by atoms with Crippen LogP contribution in [0.5, 0.6) is 0 Å². The molecule has 0 saturated heterocycles. The summed E-state index contributed by atoms with van der Waals surface area (Å²) in [5, 5.41) is 12.2. The molecule has 1 aliphatic heterocycles. The first kappa shape index (κ1) is 12.2. The van der Waals surface area contributed by atoms with Crippen molar-refractivity contribution in [3.63, 3.8) is 0 Å². The van der Waals surface area contributed by atoms with E-state index in [1.165, 1.54) is 44.3 Å². The van der Waals surface area contributed by atoms with E-state index >= 15 is 0 Å². The molecule has 1 aliphatic carbocycles. The molecule has 3 rings (SSSR count). The fraction of sp³-hybridized carbons (Fsp3) is 0.857. The molecule has 0 spiro atoms. The smallest absolute Gasteiger partial charge is 0.149 e. The summed E-state index contributed by atoms with van der Waals surface area (Å²) in [6.45, 7) is 4.25.